The molecule has 1 aromatic rings. The zero-order chi connectivity index (χ0) is 11.6. The Morgan fingerprint density at radius 1 is 1.31 bits per heavy atom. The van der Waals surface area contributed by atoms with Gasteiger partial charge >= 0.3 is 0 Å². The summed E-state index contributed by atoms with van der Waals surface area (Å²) in [6, 6.07) is 10.4. The molecule has 88 valence electrons. The van der Waals surface area contributed by atoms with Gasteiger partial charge < -0.3 is 5.32 Å². The van der Waals surface area contributed by atoms with Crippen molar-refractivity contribution in [3.8, 4) is 0 Å². The summed E-state index contributed by atoms with van der Waals surface area (Å²) in [5.41, 5.74) is 1.20. The Hall–Kier alpha value is -0.870. The Morgan fingerprint density at radius 2 is 2.00 bits per heavy atom. The van der Waals surface area contributed by atoms with Gasteiger partial charge in [0.15, 0.2) is 9.84 Å². The maximum absolute atomic E-state index is 11.3. The number of nitrogens with one attached hydrogen (secondary N) is 1. The van der Waals surface area contributed by atoms with Crippen LogP contribution in [-0.2, 0) is 9.84 Å². The lowest BCUT2D eigenvalue weighted by Gasteiger charge is -2.18. The van der Waals surface area contributed by atoms with E-state index in [1.165, 1.54) is 5.56 Å². The molecular weight excluding hydrogens is 222 g/mol. The first-order valence-corrected chi connectivity index (χ1v) is 7.40. The molecule has 1 saturated heterocycles. The molecule has 0 bridgehead atoms. The molecule has 16 heavy (non-hydrogen) atoms. The highest BCUT2D eigenvalue weighted by Gasteiger charge is 2.28. The molecule has 3 nitrogen and oxygen atoms in total. The zero-order valence-corrected chi connectivity index (χ0v) is 10.2. The molecule has 4 heteroatoms. The summed E-state index contributed by atoms with van der Waals surface area (Å²) in [4.78, 5) is 0. The van der Waals surface area contributed by atoms with Crippen LogP contribution in [0, 0.1) is 0 Å². The molecule has 2 atom stereocenters. The van der Waals surface area contributed by atoms with Crippen LogP contribution in [0.5, 0.6) is 0 Å². The third-order valence-electron chi connectivity index (χ3n) is 3.02. The van der Waals surface area contributed by atoms with Crippen molar-refractivity contribution in [3.63, 3.8) is 0 Å². The van der Waals surface area contributed by atoms with Gasteiger partial charge in [-0.1, -0.05) is 30.3 Å². The number of rotatable bonds is 3. The van der Waals surface area contributed by atoms with Crippen molar-refractivity contribution < 1.29 is 8.42 Å². The van der Waals surface area contributed by atoms with Gasteiger partial charge in [-0.2, -0.15) is 0 Å². The lowest BCUT2D eigenvalue weighted by Crippen LogP contribution is -2.32. The van der Waals surface area contributed by atoms with Crippen LogP contribution in [0.3, 0.4) is 0 Å². The first kappa shape index (κ1) is 11.6. The minimum Gasteiger partial charge on any atom is -0.306 e. The van der Waals surface area contributed by atoms with Crippen LogP contribution in [0.25, 0.3) is 0 Å². The second kappa shape index (κ2) is 4.55. The molecule has 0 amide bonds. The molecule has 0 spiro atoms. The fourth-order valence-corrected chi connectivity index (χ4v) is 3.80. The number of sulfone groups is 1. The summed E-state index contributed by atoms with van der Waals surface area (Å²) in [6.45, 7) is 2.07. The average molecular weight is 239 g/mol. The van der Waals surface area contributed by atoms with E-state index in [0.29, 0.717) is 5.75 Å². The third kappa shape index (κ3) is 2.83. The topological polar surface area (TPSA) is 46.2 Å². The minimum atomic E-state index is -2.79. The quantitative estimate of drug-likeness (QED) is 0.870. The molecule has 0 saturated carbocycles. The van der Waals surface area contributed by atoms with Crippen LogP contribution in [0.1, 0.15) is 24.9 Å². The molecule has 1 aliphatic rings. The summed E-state index contributed by atoms with van der Waals surface area (Å²) >= 11 is 0. The molecule has 1 heterocycles. The second-order valence-electron chi connectivity index (χ2n) is 4.40. The van der Waals surface area contributed by atoms with Gasteiger partial charge in [-0.05, 0) is 18.9 Å². The van der Waals surface area contributed by atoms with Gasteiger partial charge in [-0.3, -0.25) is 0 Å². The molecule has 2 rings (SSSR count). The van der Waals surface area contributed by atoms with Crippen LogP contribution in [0.2, 0.25) is 0 Å². The van der Waals surface area contributed by atoms with Gasteiger partial charge in [-0.15, -0.1) is 0 Å². The molecule has 0 aromatic heterocycles. The van der Waals surface area contributed by atoms with Crippen molar-refractivity contribution in [3.05, 3.63) is 35.9 Å². The highest BCUT2D eigenvalue weighted by atomic mass is 32.2. The first-order valence-electron chi connectivity index (χ1n) is 5.58. The smallest absolute Gasteiger partial charge is 0.151 e. The van der Waals surface area contributed by atoms with Crippen LogP contribution in [0.15, 0.2) is 30.3 Å². The largest absolute Gasteiger partial charge is 0.306 e. The van der Waals surface area contributed by atoms with Crippen LogP contribution in [0.4, 0.5) is 0 Å². The second-order valence-corrected chi connectivity index (χ2v) is 6.63. The molecule has 0 aliphatic carbocycles. The minimum absolute atomic E-state index is 0.111. The Kier molecular flexibility index (Phi) is 3.30. The van der Waals surface area contributed by atoms with Crippen LogP contribution < -0.4 is 5.32 Å². The van der Waals surface area contributed by atoms with E-state index in [2.05, 4.69) is 24.4 Å². The lowest BCUT2D eigenvalue weighted by molar-refractivity contribution is 0.485. The average Bonchev–Trinajstić information content (AvgIpc) is 2.59. The third-order valence-corrected chi connectivity index (χ3v) is 4.79. The monoisotopic (exact) mass is 239 g/mol. The van der Waals surface area contributed by atoms with E-state index < -0.39 is 9.84 Å². The summed E-state index contributed by atoms with van der Waals surface area (Å²) in [7, 11) is -2.79. The highest BCUT2D eigenvalue weighted by molar-refractivity contribution is 7.91. The van der Waals surface area contributed by atoms with E-state index in [1.807, 2.05) is 18.2 Å². The van der Waals surface area contributed by atoms with E-state index in [-0.39, 0.29) is 17.8 Å². The van der Waals surface area contributed by atoms with Gasteiger partial charge in [0.05, 0.1) is 11.5 Å². The molecule has 1 aliphatic heterocycles. The molecular formula is C12H17NO2S. The van der Waals surface area contributed by atoms with E-state index >= 15 is 0 Å². The lowest BCUT2D eigenvalue weighted by atomic mass is 10.1. The normalized spacial score (nSPS) is 25.4. The molecule has 1 aromatic carbocycles. The maximum Gasteiger partial charge on any atom is 0.151 e. The van der Waals surface area contributed by atoms with Gasteiger partial charge in [0, 0.05) is 12.1 Å². The molecule has 2 unspecified atom stereocenters. The SMILES string of the molecule is CC(NC1CCS(=O)(=O)C1)c1ccccc1. The van der Waals surface area contributed by atoms with Crippen LogP contribution >= 0.6 is 0 Å². The Bertz CT molecular complexity index is 441. The van der Waals surface area contributed by atoms with Gasteiger partial charge in [-0.25, -0.2) is 8.42 Å². The predicted octanol–water partition coefficient (Wildman–Crippen LogP) is 1.52. The van der Waals surface area contributed by atoms with Gasteiger partial charge in [0.25, 0.3) is 0 Å². The Labute approximate surface area is 96.8 Å². The van der Waals surface area contributed by atoms with Crippen molar-refractivity contribution in [2.24, 2.45) is 0 Å². The number of benzene rings is 1. The Balaban J connectivity index is 1.96. The van der Waals surface area contributed by atoms with E-state index in [1.54, 1.807) is 0 Å². The fraction of sp³-hybridized carbons (Fsp3) is 0.500. The molecule has 0 radical (unpaired) electrons. The Morgan fingerprint density at radius 3 is 2.56 bits per heavy atom. The number of hydrogen-bond donors (Lipinski definition) is 1. The van der Waals surface area contributed by atoms with Crippen molar-refractivity contribution in [2.75, 3.05) is 11.5 Å². The van der Waals surface area contributed by atoms with Crippen molar-refractivity contribution >= 4 is 9.84 Å². The summed E-state index contributed by atoms with van der Waals surface area (Å²) in [5, 5.41) is 3.37. The molecule has 1 N–H and O–H groups in total. The summed E-state index contributed by atoms with van der Waals surface area (Å²) in [5.74, 6) is 0.607. The van der Waals surface area contributed by atoms with Gasteiger partial charge in [0.2, 0.25) is 0 Å². The summed E-state index contributed by atoms with van der Waals surface area (Å²) in [6.07, 6.45) is 0.736. The van der Waals surface area contributed by atoms with Crippen molar-refractivity contribution in [2.45, 2.75) is 25.4 Å². The molecule has 1 fully saturated rings. The first-order chi connectivity index (χ1) is 7.57. The zero-order valence-electron chi connectivity index (χ0n) is 9.39. The predicted molar refractivity (Wildman–Crippen MR) is 65.1 cm³/mol. The van der Waals surface area contributed by atoms with E-state index in [4.69, 9.17) is 0 Å². The highest BCUT2D eigenvalue weighted by Crippen LogP contribution is 2.17. The maximum atomic E-state index is 11.3. The van der Waals surface area contributed by atoms with E-state index in [0.717, 1.165) is 6.42 Å². The number of hydrogen-bond acceptors (Lipinski definition) is 3. The summed E-state index contributed by atoms with van der Waals surface area (Å²) < 4.78 is 22.6. The standard InChI is InChI=1S/C12H17NO2S/c1-10(11-5-3-2-4-6-11)13-12-7-8-16(14,15)9-12/h2-6,10,12-13H,7-9H2,1H3. The fourth-order valence-electron chi connectivity index (χ4n) is 2.12. The van der Waals surface area contributed by atoms with Gasteiger partial charge in [0.1, 0.15) is 0 Å². The van der Waals surface area contributed by atoms with Crippen LogP contribution in [-0.4, -0.2) is 26.0 Å². The van der Waals surface area contributed by atoms with Crippen molar-refractivity contribution in [1.29, 1.82) is 0 Å². The van der Waals surface area contributed by atoms with Crippen molar-refractivity contribution in [1.82, 2.24) is 5.32 Å². The van der Waals surface area contributed by atoms with E-state index in [9.17, 15) is 8.42 Å².